The highest BCUT2D eigenvalue weighted by Gasteiger charge is 2.06. The summed E-state index contributed by atoms with van der Waals surface area (Å²) >= 11 is 3.41. The second kappa shape index (κ2) is 5.31. The van der Waals surface area contributed by atoms with Crippen molar-refractivity contribution in [2.45, 2.75) is 26.4 Å². The Morgan fingerprint density at radius 1 is 1.29 bits per heavy atom. The van der Waals surface area contributed by atoms with Gasteiger partial charge in [-0.15, -0.1) is 0 Å². The highest BCUT2D eigenvalue weighted by molar-refractivity contribution is 9.10. The average Bonchev–Trinajstić information content (AvgIpc) is 2.76. The van der Waals surface area contributed by atoms with E-state index in [0.717, 1.165) is 16.0 Å². The monoisotopic (exact) mass is 294 g/mol. The molecule has 0 spiro atoms. The van der Waals surface area contributed by atoms with Crippen molar-refractivity contribution in [3.8, 4) is 0 Å². The first kappa shape index (κ1) is 12.1. The number of aromatic nitrogens is 3. The van der Waals surface area contributed by atoms with Gasteiger partial charge in [0.1, 0.15) is 12.2 Å². The van der Waals surface area contributed by atoms with Crippen molar-refractivity contribution in [1.29, 1.82) is 0 Å². The molecule has 0 aliphatic carbocycles. The summed E-state index contributed by atoms with van der Waals surface area (Å²) in [4.78, 5) is 4.25. The smallest absolute Gasteiger partial charge is 0.146 e. The third-order valence-corrected chi connectivity index (χ3v) is 2.96. The zero-order valence-electron chi connectivity index (χ0n) is 9.89. The van der Waals surface area contributed by atoms with E-state index in [1.54, 1.807) is 6.33 Å². The predicted molar refractivity (Wildman–Crippen MR) is 71.9 cm³/mol. The van der Waals surface area contributed by atoms with Crippen molar-refractivity contribution in [1.82, 2.24) is 14.8 Å². The van der Waals surface area contributed by atoms with E-state index in [-0.39, 0.29) is 0 Å². The van der Waals surface area contributed by atoms with Crippen molar-refractivity contribution < 1.29 is 0 Å². The summed E-state index contributed by atoms with van der Waals surface area (Å²) in [5.41, 5.74) is 1.08. The van der Waals surface area contributed by atoms with E-state index in [9.17, 15) is 0 Å². The number of halogens is 1. The van der Waals surface area contributed by atoms with Gasteiger partial charge in [-0.3, -0.25) is 0 Å². The predicted octanol–water partition coefficient (Wildman–Crippen LogP) is 3.23. The average molecular weight is 295 g/mol. The minimum absolute atomic E-state index is 0.333. The van der Waals surface area contributed by atoms with Gasteiger partial charge < -0.3 is 5.32 Å². The summed E-state index contributed by atoms with van der Waals surface area (Å²) in [5, 5.41) is 7.53. The summed E-state index contributed by atoms with van der Waals surface area (Å²) in [6.07, 6.45) is 1.60. The van der Waals surface area contributed by atoms with Gasteiger partial charge in [0.05, 0.1) is 6.54 Å². The minimum atomic E-state index is 0.333. The summed E-state index contributed by atoms with van der Waals surface area (Å²) in [6, 6.07) is 8.41. The van der Waals surface area contributed by atoms with Gasteiger partial charge in [-0.25, -0.2) is 9.67 Å². The van der Waals surface area contributed by atoms with Crippen LogP contribution < -0.4 is 5.32 Å². The van der Waals surface area contributed by atoms with Crippen molar-refractivity contribution in [3.63, 3.8) is 0 Å². The Balaban J connectivity index is 2.02. The molecule has 2 rings (SSSR count). The topological polar surface area (TPSA) is 42.7 Å². The second-order valence-corrected chi connectivity index (χ2v) is 4.99. The van der Waals surface area contributed by atoms with E-state index in [1.807, 2.05) is 28.9 Å². The molecule has 0 bridgehead atoms. The molecule has 0 saturated heterocycles. The fourth-order valence-corrected chi connectivity index (χ4v) is 1.85. The Hall–Kier alpha value is -1.36. The number of benzene rings is 1. The minimum Gasteiger partial charge on any atom is -0.378 e. The first-order chi connectivity index (χ1) is 8.16. The molecule has 1 heterocycles. The Bertz CT molecular complexity index is 476. The van der Waals surface area contributed by atoms with Crippen LogP contribution in [0.25, 0.3) is 0 Å². The van der Waals surface area contributed by atoms with Crippen LogP contribution in [0.15, 0.2) is 35.1 Å². The molecule has 1 aromatic carbocycles. The molecule has 90 valence electrons. The number of nitrogens with zero attached hydrogens (tertiary/aromatic N) is 3. The molecular formula is C12H15BrN4. The quantitative estimate of drug-likeness (QED) is 0.941. The Morgan fingerprint density at radius 3 is 2.65 bits per heavy atom. The first-order valence-corrected chi connectivity index (χ1v) is 6.34. The van der Waals surface area contributed by atoms with E-state index >= 15 is 0 Å². The number of hydrogen-bond donors (Lipinski definition) is 1. The number of rotatable bonds is 4. The van der Waals surface area contributed by atoms with Crippen LogP contribution in [0.1, 0.15) is 25.7 Å². The summed E-state index contributed by atoms with van der Waals surface area (Å²) in [5.74, 6) is 0.947. The Labute approximate surface area is 109 Å². The Morgan fingerprint density at radius 2 is 2.00 bits per heavy atom. The lowest BCUT2D eigenvalue weighted by Crippen LogP contribution is -2.11. The molecule has 2 aromatic rings. The van der Waals surface area contributed by atoms with Crippen LogP contribution in [-0.2, 0) is 6.54 Å². The molecule has 0 aliphatic rings. The normalized spacial score (nSPS) is 10.8. The molecule has 0 saturated carbocycles. The maximum Gasteiger partial charge on any atom is 0.146 e. The van der Waals surface area contributed by atoms with Crippen LogP contribution in [0.2, 0.25) is 0 Å². The molecule has 5 heteroatoms. The van der Waals surface area contributed by atoms with E-state index in [1.165, 1.54) is 0 Å². The second-order valence-electron chi connectivity index (χ2n) is 4.08. The molecule has 0 atom stereocenters. The van der Waals surface area contributed by atoms with Crippen LogP contribution in [0.3, 0.4) is 0 Å². The van der Waals surface area contributed by atoms with Crippen LogP contribution in [0.5, 0.6) is 0 Å². The molecule has 1 aromatic heterocycles. The molecule has 4 nitrogen and oxygen atoms in total. The van der Waals surface area contributed by atoms with Crippen molar-refractivity contribution in [2.75, 3.05) is 5.32 Å². The summed E-state index contributed by atoms with van der Waals surface area (Å²) in [6.45, 7) is 4.87. The van der Waals surface area contributed by atoms with E-state index in [4.69, 9.17) is 0 Å². The number of hydrogen-bond acceptors (Lipinski definition) is 3. The molecule has 0 aliphatic heterocycles. The lowest BCUT2D eigenvalue weighted by molar-refractivity contribution is 0.509. The first-order valence-electron chi connectivity index (χ1n) is 5.54. The zero-order valence-corrected chi connectivity index (χ0v) is 11.5. The molecule has 0 amide bonds. The molecule has 0 radical (unpaired) electrons. The maximum absolute atomic E-state index is 4.25. The molecule has 0 unspecified atom stereocenters. The van der Waals surface area contributed by atoms with Crippen LogP contribution in [-0.4, -0.2) is 14.8 Å². The zero-order chi connectivity index (χ0) is 12.3. The van der Waals surface area contributed by atoms with Crippen molar-refractivity contribution in [2.24, 2.45) is 0 Å². The van der Waals surface area contributed by atoms with Crippen LogP contribution in [0, 0.1) is 0 Å². The third kappa shape index (κ3) is 3.06. The maximum atomic E-state index is 4.25. The van der Waals surface area contributed by atoms with Crippen molar-refractivity contribution >= 4 is 21.6 Å². The fraction of sp³-hybridized carbons (Fsp3) is 0.333. The summed E-state index contributed by atoms with van der Waals surface area (Å²) < 4.78 is 3.00. The van der Waals surface area contributed by atoms with Crippen LogP contribution >= 0.6 is 15.9 Å². The SMILES string of the molecule is CC(C)n1ncnc1CNc1ccc(Br)cc1. The highest BCUT2D eigenvalue weighted by atomic mass is 79.9. The fourth-order valence-electron chi connectivity index (χ4n) is 1.58. The van der Waals surface area contributed by atoms with Gasteiger partial charge in [-0.05, 0) is 38.1 Å². The van der Waals surface area contributed by atoms with Gasteiger partial charge in [0, 0.05) is 16.2 Å². The summed E-state index contributed by atoms with van der Waals surface area (Å²) in [7, 11) is 0. The number of nitrogens with one attached hydrogen (secondary N) is 1. The largest absolute Gasteiger partial charge is 0.378 e. The van der Waals surface area contributed by atoms with Crippen LogP contribution in [0.4, 0.5) is 5.69 Å². The van der Waals surface area contributed by atoms with Gasteiger partial charge in [-0.1, -0.05) is 15.9 Å². The lowest BCUT2D eigenvalue weighted by Gasteiger charge is -2.10. The highest BCUT2D eigenvalue weighted by Crippen LogP contribution is 2.15. The molecule has 1 N–H and O–H groups in total. The third-order valence-electron chi connectivity index (χ3n) is 2.43. The molecule has 0 fully saturated rings. The van der Waals surface area contributed by atoms with Crippen molar-refractivity contribution in [3.05, 3.63) is 40.9 Å². The Kier molecular flexibility index (Phi) is 3.78. The van der Waals surface area contributed by atoms with Gasteiger partial charge in [0.25, 0.3) is 0 Å². The van der Waals surface area contributed by atoms with E-state index < -0.39 is 0 Å². The van der Waals surface area contributed by atoms with Gasteiger partial charge in [-0.2, -0.15) is 5.10 Å². The molecular weight excluding hydrogens is 280 g/mol. The lowest BCUT2D eigenvalue weighted by atomic mass is 10.3. The standard InChI is InChI=1S/C12H15BrN4/c1-9(2)17-12(15-8-16-17)7-14-11-5-3-10(13)4-6-11/h3-6,8-9,14H,7H2,1-2H3. The van der Waals surface area contributed by atoms with Gasteiger partial charge in [0.2, 0.25) is 0 Å². The number of anilines is 1. The van der Waals surface area contributed by atoms with E-state index in [0.29, 0.717) is 12.6 Å². The van der Waals surface area contributed by atoms with Gasteiger partial charge in [0.15, 0.2) is 0 Å². The molecule has 17 heavy (non-hydrogen) atoms. The van der Waals surface area contributed by atoms with E-state index in [2.05, 4.69) is 45.2 Å². The van der Waals surface area contributed by atoms with Gasteiger partial charge >= 0.3 is 0 Å².